The highest BCUT2D eigenvalue weighted by atomic mass is 31.2. The second kappa shape index (κ2) is 64.2. The quantitative estimate of drug-likeness (QED) is 0.0169. The molecule has 0 bridgehead atoms. The first-order valence-corrected chi connectivity index (χ1v) is 40.7. The average molecular weight is 1360 g/mol. The number of unbranched alkanes of at least 4 members (excludes halogenated alkanes) is 34. The lowest BCUT2D eigenvalue weighted by atomic mass is 10.00. The maximum absolute atomic E-state index is 13.1. The van der Waals surface area contributed by atoms with Crippen LogP contribution in [0.1, 0.15) is 350 Å². The summed E-state index contributed by atoms with van der Waals surface area (Å²) in [5, 5.41) is 10.6. The Labute approximate surface area is 567 Å². The van der Waals surface area contributed by atoms with Gasteiger partial charge >= 0.3 is 39.5 Å². The van der Waals surface area contributed by atoms with E-state index in [2.05, 4.69) is 72.8 Å². The maximum Gasteiger partial charge on any atom is 0.472 e. The molecule has 0 saturated heterocycles. The van der Waals surface area contributed by atoms with Crippen molar-refractivity contribution < 1.29 is 80.2 Å². The smallest absolute Gasteiger partial charge is 0.462 e. The summed E-state index contributed by atoms with van der Waals surface area (Å²) in [5.41, 5.74) is 0. The molecule has 548 valence electrons. The van der Waals surface area contributed by atoms with Gasteiger partial charge in [-0.2, -0.15) is 0 Å². The van der Waals surface area contributed by atoms with Crippen molar-refractivity contribution in [3.8, 4) is 0 Å². The summed E-state index contributed by atoms with van der Waals surface area (Å²) >= 11 is 0. The van der Waals surface area contributed by atoms with Gasteiger partial charge in [-0.05, 0) is 69.1 Å². The van der Waals surface area contributed by atoms with Crippen LogP contribution in [0.5, 0.6) is 0 Å². The Hall–Kier alpha value is -2.46. The van der Waals surface area contributed by atoms with E-state index >= 15 is 0 Å². The van der Waals surface area contributed by atoms with E-state index in [0.29, 0.717) is 25.7 Å². The van der Waals surface area contributed by atoms with Crippen molar-refractivity contribution in [2.45, 2.75) is 369 Å². The predicted octanol–water partition coefficient (Wildman–Crippen LogP) is 21.0. The minimum atomic E-state index is -4.96. The molecule has 0 aliphatic heterocycles. The molecule has 6 atom stereocenters. The van der Waals surface area contributed by atoms with Crippen molar-refractivity contribution in [3.63, 3.8) is 0 Å². The molecule has 0 aromatic heterocycles. The van der Waals surface area contributed by atoms with Gasteiger partial charge in [0.25, 0.3) is 0 Å². The van der Waals surface area contributed by atoms with Crippen LogP contribution >= 0.6 is 15.6 Å². The van der Waals surface area contributed by atoms with Gasteiger partial charge in [-0.1, -0.05) is 297 Å². The third kappa shape index (κ3) is 66.6. The van der Waals surface area contributed by atoms with Crippen molar-refractivity contribution in [1.29, 1.82) is 0 Å². The number of esters is 4. The number of phosphoric ester groups is 2. The number of carbonyl (C=O) groups is 4. The maximum atomic E-state index is 13.1. The fourth-order valence-corrected chi connectivity index (χ4v) is 12.3. The molecule has 93 heavy (non-hydrogen) atoms. The number of phosphoric acid groups is 2. The summed E-state index contributed by atoms with van der Waals surface area (Å²) in [5.74, 6) is 0.109. The Bertz CT molecular complexity index is 1910. The highest BCUT2D eigenvalue weighted by molar-refractivity contribution is 7.47. The van der Waals surface area contributed by atoms with Crippen LogP contribution in [0.4, 0.5) is 0 Å². The summed E-state index contributed by atoms with van der Waals surface area (Å²) in [6.07, 6.45) is 52.1. The lowest BCUT2D eigenvalue weighted by Crippen LogP contribution is -2.30. The van der Waals surface area contributed by atoms with E-state index in [9.17, 15) is 43.2 Å². The van der Waals surface area contributed by atoms with Gasteiger partial charge in [-0.25, -0.2) is 9.13 Å². The number of aliphatic hydroxyl groups is 1. The van der Waals surface area contributed by atoms with Crippen molar-refractivity contribution in [2.75, 3.05) is 39.6 Å². The molecule has 0 fully saturated rings. The monoisotopic (exact) mass is 1360 g/mol. The minimum absolute atomic E-state index is 0.0838. The first kappa shape index (κ1) is 90.5. The normalized spacial score (nSPS) is 14.6. The van der Waals surface area contributed by atoms with Gasteiger partial charge in [0, 0.05) is 25.7 Å². The van der Waals surface area contributed by atoms with Crippen LogP contribution in [0.25, 0.3) is 0 Å². The van der Waals surface area contributed by atoms with Gasteiger partial charge in [0.05, 0.1) is 26.4 Å². The molecular formula is C74H140O17P2. The van der Waals surface area contributed by atoms with Crippen LogP contribution in [-0.4, -0.2) is 96.7 Å². The zero-order chi connectivity index (χ0) is 68.7. The van der Waals surface area contributed by atoms with E-state index in [0.717, 1.165) is 127 Å². The number of allylic oxidation sites excluding steroid dienone is 4. The lowest BCUT2D eigenvalue weighted by Gasteiger charge is -2.21. The standard InChI is InChI=1S/C74H140O17P2/c1-8-10-11-12-13-14-15-16-17-18-23-29-34-43-50-57-73(78)91-70(62-85-72(77)56-49-42-37-36-40-47-54-67(7)9-2)64-89-93(82,83)87-60-68(75)59-86-92(80,81)88-63-69(90-74(79)58-51-44-35-30-25-20-22-27-32-39-46-53-66(5)6)61-84-71(76)55-48-41-33-28-24-19-21-26-31-38-45-52-65(3)4/h14-17,65-70,75H,8-13,18-64H2,1-7H3,(H,80,81)(H,82,83)/b15-14-,17-16-/t67?,68-,69-,70-/m1/s1. The van der Waals surface area contributed by atoms with Gasteiger partial charge in [0.15, 0.2) is 12.2 Å². The first-order valence-electron chi connectivity index (χ1n) is 37.7. The van der Waals surface area contributed by atoms with Gasteiger partial charge in [-0.15, -0.1) is 0 Å². The zero-order valence-corrected chi connectivity index (χ0v) is 62.0. The number of hydrogen-bond donors (Lipinski definition) is 3. The molecule has 0 saturated carbocycles. The van der Waals surface area contributed by atoms with Crippen LogP contribution in [0.3, 0.4) is 0 Å². The summed E-state index contributed by atoms with van der Waals surface area (Å²) in [7, 11) is -9.92. The Morgan fingerprint density at radius 3 is 0.957 bits per heavy atom. The molecule has 17 nitrogen and oxygen atoms in total. The molecule has 0 radical (unpaired) electrons. The molecule has 0 aromatic carbocycles. The summed E-state index contributed by atoms with van der Waals surface area (Å²) in [4.78, 5) is 72.7. The Morgan fingerprint density at radius 1 is 0.355 bits per heavy atom. The van der Waals surface area contributed by atoms with Crippen LogP contribution in [0, 0.1) is 17.8 Å². The molecular weight excluding hydrogens is 1220 g/mol. The van der Waals surface area contributed by atoms with E-state index in [1.165, 1.54) is 141 Å². The molecule has 3 N–H and O–H groups in total. The van der Waals surface area contributed by atoms with Crippen LogP contribution in [0.15, 0.2) is 24.3 Å². The van der Waals surface area contributed by atoms with Crippen LogP contribution < -0.4 is 0 Å². The summed E-state index contributed by atoms with van der Waals surface area (Å²) in [6, 6.07) is 0. The van der Waals surface area contributed by atoms with Gasteiger partial charge in [0.1, 0.15) is 19.3 Å². The van der Waals surface area contributed by atoms with Crippen molar-refractivity contribution >= 4 is 39.5 Å². The first-order chi connectivity index (χ1) is 44.8. The second-order valence-electron chi connectivity index (χ2n) is 27.2. The largest absolute Gasteiger partial charge is 0.472 e. The topological polar surface area (TPSA) is 237 Å². The number of carbonyl (C=O) groups excluding carboxylic acids is 4. The molecule has 0 amide bonds. The average Bonchev–Trinajstić information content (AvgIpc) is 1.73. The number of rotatable bonds is 70. The molecule has 0 aliphatic carbocycles. The molecule has 19 heteroatoms. The number of hydrogen-bond acceptors (Lipinski definition) is 15. The van der Waals surface area contributed by atoms with E-state index in [4.69, 9.17) is 37.0 Å². The minimum Gasteiger partial charge on any atom is -0.462 e. The van der Waals surface area contributed by atoms with Crippen LogP contribution in [0.2, 0.25) is 0 Å². The molecule has 0 rings (SSSR count). The van der Waals surface area contributed by atoms with E-state index in [1.807, 2.05) is 0 Å². The highest BCUT2D eigenvalue weighted by Crippen LogP contribution is 2.45. The van der Waals surface area contributed by atoms with E-state index in [-0.39, 0.29) is 25.7 Å². The zero-order valence-electron chi connectivity index (χ0n) is 60.2. The number of aliphatic hydroxyl groups excluding tert-OH is 1. The molecule has 0 spiro atoms. The van der Waals surface area contributed by atoms with Gasteiger partial charge < -0.3 is 33.8 Å². The third-order valence-electron chi connectivity index (χ3n) is 16.9. The molecule has 0 aromatic rings. The van der Waals surface area contributed by atoms with E-state index < -0.39 is 97.5 Å². The lowest BCUT2D eigenvalue weighted by molar-refractivity contribution is -0.161. The Balaban J connectivity index is 5.30. The van der Waals surface area contributed by atoms with Gasteiger partial charge in [-0.3, -0.25) is 37.3 Å². The molecule has 0 aliphatic rings. The highest BCUT2D eigenvalue weighted by Gasteiger charge is 2.30. The SMILES string of the molecule is CCCCCC/C=C\C=C/CCCCCCCC(=O)O[C@H](COC(=O)CCCCCCCCC(C)CC)COP(=O)(O)OC[C@H](O)COP(=O)(O)OC[C@@H](COC(=O)CCCCCCCCCCCCCC(C)C)OC(=O)CCCCCCCCCCCCCC(C)C. The Kier molecular flexibility index (Phi) is 62.5. The van der Waals surface area contributed by atoms with Crippen LogP contribution in [-0.2, 0) is 65.4 Å². The van der Waals surface area contributed by atoms with Crippen molar-refractivity contribution in [2.24, 2.45) is 17.8 Å². The molecule has 0 heterocycles. The molecule has 3 unspecified atom stereocenters. The predicted molar refractivity (Wildman–Crippen MR) is 377 cm³/mol. The fraction of sp³-hybridized carbons (Fsp3) is 0.892. The summed E-state index contributed by atoms with van der Waals surface area (Å²) in [6.45, 7) is 11.8. The Morgan fingerprint density at radius 2 is 0.634 bits per heavy atom. The van der Waals surface area contributed by atoms with Crippen molar-refractivity contribution in [3.05, 3.63) is 24.3 Å². The number of ether oxygens (including phenoxy) is 4. The van der Waals surface area contributed by atoms with E-state index in [1.54, 1.807) is 0 Å². The van der Waals surface area contributed by atoms with Gasteiger partial charge in [0.2, 0.25) is 0 Å². The fourth-order valence-electron chi connectivity index (χ4n) is 10.7. The third-order valence-corrected chi connectivity index (χ3v) is 18.8. The van der Waals surface area contributed by atoms with Crippen molar-refractivity contribution in [1.82, 2.24) is 0 Å². The second-order valence-corrected chi connectivity index (χ2v) is 30.1. The summed E-state index contributed by atoms with van der Waals surface area (Å²) < 4.78 is 68.4.